The van der Waals surface area contributed by atoms with Gasteiger partial charge in [0.25, 0.3) is 0 Å². The number of nitrogens with two attached hydrogens (primary N) is 1. The van der Waals surface area contributed by atoms with Gasteiger partial charge in [-0.3, -0.25) is 4.98 Å². The van der Waals surface area contributed by atoms with Crippen LogP contribution in [0.15, 0.2) is 18.6 Å². The highest BCUT2D eigenvalue weighted by Gasteiger charge is 2.20. The largest absolute Gasteiger partial charge is 0.473 e. The van der Waals surface area contributed by atoms with E-state index in [1.807, 2.05) is 0 Å². The summed E-state index contributed by atoms with van der Waals surface area (Å²) in [4.78, 5) is 8.02. The quantitative estimate of drug-likeness (QED) is 0.764. The van der Waals surface area contributed by atoms with Gasteiger partial charge >= 0.3 is 0 Å². The molecule has 1 fully saturated rings. The molecule has 1 aliphatic rings. The van der Waals surface area contributed by atoms with Crippen LogP contribution in [0.1, 0.15) is 25.7 Å². The van der Waals surface area contributed by atoms with Crippen LogP contribution >= 0.6 is 0 Å². The van der Waals surface area contributed by atoms with E-state index in [4.69, 9.17) is 10.5 Å². The lowest BCUT2D eigenvalue weighted by Gasteiger charge is -2.26. The van der Waals surface area contributed by atoms with Gasteiger partial charge in [0.15, 0.2) is 0 Å². The van der Waals surface area contributed by atoms with Crippen molar-refractivity contribution in [2.75, 3.05) is 0 Å². The van der Waals surface area contributed by atoms with Gasteiger partial charge in [-0.1, -0.05) is 0 Å². The molecule has 1 heterocycles. The lowest BCUT2D eigenvalue weighted by atomic mass is 9.94. The van der Waals surface area contributed by atoms with Gasteiger partial charge in [0.2, 0.25) is 5.88 Å². The van der Waals surface area contributed by atoms with Crippen molar-refractivity contribution in [1.29, 1.82) is 0 Å². The molecule has 1 aromatic heterocycles. The molecule has 2 rings (SSSR count). The number of nitrogens with zero attached hydrogens (tertiary/aromatic N) is 2. The molecule has 0 radical (unpaired) electrons. The Morgan fingerprint density at radius 3 is 3.00 bits per heavy atom. The molecule has 4 nitrogen and oxygen atoms in total. The van der Waals surface area contributed by atoms with E-state index in [0.29, 0.717) is 5.88 Å². The normalized spacial score (nSPS) is 27.2. The topological polar surface area (TPSA) is 61.0 Å². The predicted molar refractivity (Wildman–Crippen MR) is 52.9 cm³/mol. The summed E-state index contributed by atoms with van der Waals surface area (Å²) in [6, 6.07) is 0.283. The summed E-state index contributed by atoms with van der Waals surface area (Å²) in [6.07, 6.45) is 9.39. The molecule has 1 aromatic rings. The molecule has 4 heteroatoms. The molecule has 0 aromatic carbocycles. The van der Waals surface area contributed by atoms with Crippen molar-refractivity contribution in [3.63, 3.8) is 0 Å². The number of ether oxygens (including phenoxy) is 1. The SMILES string of the molecule is NC1CCCC(Oc2cnccn2)C1. The summed E-state index contributed by atoms with van der Waals surface area (Å²) in [6.45, 7) is 0. The van der Waals surface area contributed by atoms with Crippen LogP contribution in [0.4, 0.5) is 0 Å². The van der Waals surface area contributed by atoms with Crippen molar-refractivity contribution in [1.82, 2.24) is 9.97 Å². The molecule has 0 saturated heterocycles. The van der Waals surface area contributed by atoms with Gasteiger partial charge in [0.1, 0.15) is 6.10 Å². The molecular formula is C10H15N3O. The Bertz CT molecular complexity index is 278. The molecule has 2 atom stereocenters. The van der Waals surface area contributed by atoms with Crippen molar-refractivity contribution in [2.24, 2.45) is 5.73 Å². The minimum Gasteiger partial charge on any atom is -0.473 e. The average Bonchev–Trinajstić information content (AvgIpc) is 2.19. The number of aromatic nitrogens is 2. The summed E-state index contributed by atoms with van der Waals surface area (Å²) in [5.74, 6) is 0.603. The van der Waals surface area contributed by atoms with Crippen LogP contribution in [0, 0.1) is 0 Å². The third-order valence-corrected chi connectivity index (χ3v) is 2.49. The van der Waals surface area contributed by atoms with E-state index < -0.39 is 0 Å². The highest BCUT2D eigenvalue weighted by molar-refractivity contribution is 5.02. The maximum atomic E-state index is 5.86. The third-order valence-electron chi connectivity index (χ3n) is 2.49. The Balaban J connectivity index is 1.91. The highest BCUT2D eigenvalue weighted by atomic mass is 16.5. The molecule has 2 N–H and O–H groups in total. The first-order valence-corrected chi connectivity index (χ1v) is 5.03. The summed E-state index contributed by atoms with van der Waals surface area (Å²) >= 11 is 0. The van der Waals surface area contributed by atoms with Crippen molar-refractivity contribution >= 4 is 0 Å². The molecule has 0 bridgehead atoms. The minimum atomic E-state index is 0.218. The maximum absolute atomic E-state index is 5.86. The maximum Gasteiger partial charge on any atom is 0.232 e. The van der Waals surface area contributed by atoms with Crippen molar-refractivity contribution in [3.05, 3.63) is 18.6 Å². The highest BCUT2D eigenvalue weighted by Crippen LogP contribution is 2.20. The van der Waals surface area contributed by atoms with Gasteiger partial charge in [-0.05, 0) is 25.7 Å². The van der Waals surface area contributed by atoms with Crippen molar-refractivity contribution < 1.29 is 4.74 Å². The Kier molecular flexibility index (Phi) is 2.93. The number of hydrogen-bond donors (Lipinski definition) is 1. The van der Waals surface area contributed by atoms with E-state index in [-0.39, 0.29) is 12.1 Å². The van der Waals surface area contributed by atoms with Gasteiger partial charge in [-0.15, -0.1) is 0 Å². The van der Waals surface area contributed by atoms with E-state index >= 15 is 0 Å². The van der Waals surface area contributed by atoms with Gasteiger partial charge in [0.05, 0.1) is 6.20 Å². The van der Waals surface area contributed by atoms with Crippen LogP contribution in [-0.4, -0.2) is 22.1 Å². The van der Waals surface area contributed by atoms with Gasteiger partial charge in [0, 0.05) is 18.4 Å². The van der Waals surface area contributed by atoms with E-state index in [0.717, 1.165) is 25.7 Å². The molecule has 76 valence electrons. The average molecular weight is 193 g/mol. The summed E-state index contributed by atoms with van der Waals surface area (Å²) in [5, 5.41) is 0. The Hall–Kier alpha value is -1.16. The Morgan fingerprint density at radius 1 is 1.36 bits per heavy atom. The standard InChI is InChI=1S/C10H15N3O/c11-8-2-1-3-9(6-8)14-10-7-12-4-5-13-10/h4-5,7-9H,1-3,6,11H2. The van der Waals surface area contributed by atoms with E-state index in [1.165, 1.54) is 0 Å². The molecule has 14 heavy (non-hydrogen) atoms. The number of rotatable bonds is 2. The second kappa shape index (κ2) is 4.37. The van der Waals surface area contributed by atoms with Gasteiger partial charge in [-0.2, -0.15) is 0 Å². The molecular weight excluding hydrogens is 178 g/mol. The van der Waals surface area contributed by atoms with E-state index in [2.05, 4.69) is 9.97 Å². The Morgan fingerprint density at radius 2 is 2.29 bits per heavy atom. The fourth-order valence-electron chi connectivity index (χ4n) is 1.81. The molecule has 1 aliphatic carbocycles. The smallest absolute Gasteiger partial charge is 0.232 e. The third kappa shape index (κ3) is 2.42. The molecule has 2 unspecified atom stereocenters. The fourth-order valence-corrected chi connectivity index (χ4v) is 1.81. The van der Waals surface area contributed by atoms with Crippen molar-refractivity contribution in [3.8, 4) is 5.88 Å². The lowest BCUT2D eigenvalue weighted by Crippen LogP contribution is -2.33. The Labute approximate surface area is 83.5 Å². The monoisotopic (exact) mass is 193 g/mol. The van der Waals surface area contributed by atoms with Crippen LogP contribution in [0.3, 0.4) is 0 Å². The lowest BCUT2D eigenvalue weighted by molar-refractivity contribution is 0.138. The number of hydrogen-bond acceptors (Lipinski definition) is 4. The fraction of sp³-hybridized carbons (Fsp3) is 0.600. The van der Waals surface area contributed by atoms with Gasteiger partial charge in [-0.25, -0.2) is 4.98 Å². The first-order valence-electron chi connectivity index (χ1n) is 5.03. The first kappa shape index (κ1) is 9.40. The molecule has 0 spiro atoms. The molecule has 0 amide bonds. The van der Waals surface area contributed by atoms with Crippen LogP contribution in [0.25, 0.3) is 0 Å². The predicted octanol–water partition coefficient (Wildman–Crippen LogP) is 1.13. The van der Waals surface area contributed by atoms with Crippen LogP contribution in [-0.2, 0) is 0 Å². The summed E-state index contributed by atoms with van der Waals surface area (Å²) in [7, 11) is 0. The van der Waals surface area contributed by atoms with Crippen LogP contribution < -0.4 is 10.5 Å². The van der Waals surface area contributed by atoms with Crippen molar-refractivity contribution in [2.45, 2.75) is 37.8 Å². The van der Waals surface area contributed by atoms with Gasteiger partial charge < -0.3 is 10.5 Å². The minimum absolute atomic E-state index is 0.218. The summed E-state index contributed by atoms with van der Waals surface area (Å²) < 4.78 is 5.67. The van der Waals surface area contributed by atoms with Crippen LogP contribution in [0.2, 0.25) is 0 Å². The van der Waals surface area contributed by atoms with E-state index in [1.54, 1.807) is 18.6 Å². The zero-order chi connectivity index (χ0) is 9.80. The zero-order valence-electron chi connectivity index (χ0n) is 8.10. The van der Waals surface area contributed by atoms with E-state index in [9.17, 15) is 0 Å². The first-order chi connectivity index (χ1) is 6.84. The summed E-state index contributed by atoms with van der Waals surface area (Å²) in [5.41, 5.74) is 5.86. The second-order valence-electron chi connectivity index (χ2n) is 3.71. The molecule has 0 aliphatic heterocycles. The zero-order valence-corrected chi connectivity index (χ0v) is 8.10. The molecule has 1 saturated carbocycles. The van der Waals surface area contributed by atoms with Crippen LogP contribution in [0.5, 0.6) is 5.88 Å². The second-order valence-corrected chi connectivity index (χ2v) is 3.71.